The van der Waals surface area contributed by atoms with Crippen LogP contribution in [-0.2, 0) is 22.6 Å². The van der Waals surface area contributed by atoms with E-state index in [4.69, 9.17) is 9.73 Å². The minimum atomic E-state index is -0.0924. The predicted octanol–water partition coefficient (Wildman–Crippen LogP) is 3.05. The smallest absolute Gasteiger partial charge is 0.222 e. The number of aliphatic imine (C=N–C) groups is 1. The second-order valence-corrected chi connectivity index (χ2v) is 7.69. The maximum absolute atomic E-state index is 11.7. The molecule has 3 rings (SSSR count). The third kappa shape index (κ3) is 6.62. The first-order chi connectivity index (χ1) is 13.1. The quantitative estimate of drug-likeness (QED) is 0.343. The lowest BCUT2D eigenvalue weighted by Gasteiger charge is -2.24. The predicted molar refractivity (Wildman–Crippen MR) is 123 cm³/mol. The van der Waals surface area contributed by atoms with Crippen molar-refractivity contribution in [2.45, 2.75) is 58.2 Å². The molecule has 1 atom stereocenters. The molecule has 0 spiro atoms. The highest BCUT2D eigenvalue weighted by Crippen LogP contribution is 2.23. The molecule has 2 heterocycles. The van der Waals surface area contributed by atoms with Crippen LogP contribution in [0.1, 0.15) is 50.7 Å². The van der Waals surface area contributed by atoms with E-state index in [-0.39, 0.29) is 35.5 Å². The van der Waals surface area contributed by atoms with E-state index in [1.54, 1.807) is 0 Å². The average Bonchev–Trinajstić information content (AvgIpc) is 3.28. The summed E-state index contributed by atoms with van der Waals surface area (Å²) in [4.78, 5) is 18.4. The summed E-state index contributed by atoms with van der Waals surface area (Å²) in [5.41, 5.74) is 2.24. The van der Waals surface area contributed by atoms with Gasteiger partial charge in [-0.05, 0) is 44.2 Å². The van der Waals surface area contributed by atoms with Crippen LogP contribution in [0, 0.1) is 0 Å². The van der Waals surface area contributed by atoms with Gasteiger partial charge in [0.05, 0.1) is 12.1 Å². The molecule has 0 aromatic heterocycles. The molecule has 0 saturated carbocycles. The van der Waals surface area contributed by atoms with Crippen LogP contribution >= 0.6 is 24.0 Å². The zero-order chi connectivity index (χ0) is 19.1. The Labute approximate surface area is 185 Å². The summed E-state index contributed by atoms with van der Waals surface area (Å²) in [5, 5.41) is 6.71. The number of carbonyl (C=O) groups is 1. The summed E-state index contributed by atoms with van der Waals surface area (Å²) >= 11 is 0. The van der Waals surface area contributed by atoms with Crippen molar-refractivity contribution >= 4 is 35.8 Å². The van der Waals surface area contributed by atoms with Gasteiger partial charge in [-0.2, -0.15) is 0 Å². The summed E-state index contributed by atoms with van der Waals surface area (Å²) < 4.78 is 5.83. The lowest BCUT2D eigenvalue weighted by molar-refractivity contribution is -0.128. The summed E-state index contributed by atoms with van der Waals surface area (Å²) in [6, 6.07) is 8.41. The Bertz CT molecular complexity index is 657. The number of nitrogens with one attached hydrogen (secondary N) is 2. The standard InChI is InChI=1S/C21H32N4O2.HI/c1-3-22-20(24-16-21(2)11-5-13-27-21)23-14-17-7-9-18(10-8-17)15-25-12-4-6-19(25)26;/h7-10H,3-6,11-16H2,1-2H3,(H2,22,23,24);1H. The molecule has 2 fully saturated rings. The Morgan fingerprint density at radius 2 is 1.96 bits per heavy atom. The highest BCUT2D eigenvalue weighted by atomic mass is 127. The van der Waals surface area contributed by atoms with Gasteiger partial charge in [0.2, 0.25) is 5.91 Å². The first-order valence-electron chi connectivity index (χ1n) is 10.1. The third-order valence-electron chi connectivity index (χ3n) is 5.26. The highest BCUT2D eigenvalue weighted by molar-refractivity contribution is 14.0. The fourth-order valence-corrected chi connectivity index (χ4v) is 3.60. The fraction of sp³-hybridized carbons (Fsp3) is 0.619. The molecular formula is C21H33IN4O2. The molecule has 2 aliphatic heterocycles. The van der Waals surface area contributed by atoms with Gasteiger partial charge >= 0.3 is 0 Å². The Kier molecular flexibility index (Phi) is 9.01. The molecule has 0 radical (unpaired) electrons. The van der Waals surface area contributed by atoms with Crippen molar-refractivity contribution in [1.29, 1.82) is 0 Å². The molecule has 2 aliphatic rings. The molecule has 28 heavy (non-hydrogen) atoms. The van der Waals surface area contributed by atoms with E-state index in [1.165, 1.54) is 5.56 Å². The van der Waals surface area contributed by atoms with E-state index >= 15 is 0 Å². The monoisotopic (exact) mass is 500 g/mol. The van der Waals surface area contributed by atoms with E-state index in [1.807, 2.05) is 4.90 Å². The van der Waals surface area contributed by atoms with Crippen LogP contribution in [-0.4, -0.2) is 48.6 Å². The minimum Gasteiger partial charge on any atom is -0.373 e. The van der Waals surface area contributed by atoms with E-state index < -0.39 is 0 Å². The molecule has 156 valence electrons. The van der Waals surface area contributed by atoms with Gasteiger partial charge in [0.15, 0.2) is 5.96 Å². The molecule has 1 amide bonds. The van der Waals surface area contributed by atoms with Gasteiger partial charge in [-0.15, -0.1) is 24.0 Å². The second kappa shape index (κ2) is 11.0. The van der Waals surface area contributed by atoms with Gasteiger partial charge in [-0.1, -0.05) is 24.3 Å². The van der Waals surface area contributed by atoms with Crippen LogP contribution in [0.2, 0.25) is 0 Å². The van der Waals surface area contributed by atoms with Gasteiger partial charge in [0, 0.05) is 39.2 Å². The summed E-state index contributed by atoms with van der Waals surface area (Å²) in [5.74, 6) is 1.09. The number of likely N-dealkylation sites (tertiary alicyclic amines) is 1. The molecule has 2 N–H and O–H groups in total. The van der Waals surface area contributed by atoms with Crippen LogP contribution in [0.4, 0.5) is 0 Å². The Morgan fingerprint density at radius 3 is 2.57 bits per heavy atom. The first kappa shape index (κ1) is 22.9. The zero-order valence-electron chi connectivity index (χ0n) is 17.0. The van der Waals surface area contributed by atoms with E-state index in [0.717, 1.165) is 57.0 Å². The number of guanidine groups is 1. The van der Waals surface area contributed by atoms with E-state index in [0.29, 0.717) is 19.5 Å². The molecule has 1 unspecified atom stereocenters. The first-order valence-corrected chi connectivity index (χ1v) is 10.1. The van der Waals surface area contributed by atoms with Gasteiger partial charge < -0.3 is 20.3 Å². The maximum Gasteiger partial charge on any atom is 0.222 e. The largest absolute Gasteiger partial charge is 0.373 e. The maximum atomic E-state index is 11.7. The Balaban J connectivity index is 0.00000280. The molecule has 1 aromatic carbocycles. The summed E-state index contributed by atoms with van der Waals surface area (Å²) in [6.45, 7) is 8.88. The van der Waals surface area contributed by atoms with Crippen molar-refractivity contribution in [3.63, 3.8) is 0 Å². The van der Waals surface area contributed by atoms with Crippen LogP contribution in [0.25, 0.3) is 0 Å². The highest BCUT2D eigenvalue weighted by Gasteiger charge is 2.29. The lowest BCUT2D eigenvalue weighted by Crippen LogP contribution is -2.45. The van der Waals surface area contributed by atoms with Gasteiger partial charge in [-0.25, -0.2) is 4.99 Å². The second-order valence-electron chi connectivity index (χ2n) is 7.69. The van der Waals surface area contributed by atoms with E-state index in [9.17, 15) is 4.79 Å². The summed E-state index contributed by atoms with van der Waals surface area (Å²) in [6.07, 6.45) is 3.88. The normalized spacial score (nSPS) is 22.3. The van der Waals surface area contributed by atoms with Crippen molar-refractivity contribution in [2.24, 2.45) is 4.99 Å². The number of hydrogen-bond acceptors (Lipinski definition) is 3. The molecule has 0 aliphatic carbocycles. The fourth-order valence-electron chi connectivity index (χ4n) is 3.60. The number of hydrogen-bond donors (Lipinski definition) is 2. The number of carbonyl (C=O) groups excluding carboxylic acids is 1. The van der Waals surface area contributed by atoms with Crippen molar-refractivity contribution in [2.75, 3.05) is 26.2 Å². The number of amides is 1. The molecular weight excluding hydrogens is 467 g/mol. The SMILES string of the molecule is CCNC(=NCc1ccc(CN2CCCC2=O)cc1)NCC1(C)CCCO1.I. The minimum absolute atomic E-state index is 0. The number of nitrogens with zero attached hydrogens (tertiary/aromatic N) is 2. The zero-order valence-corrected chi connectivity index (χ0v) is 19.3. The molecule has 6 nitrogen and oxygen atoms in total. The summed E-state index contributed by atoms with van der Waals surface area (Å²) in [7, 11) is 0. The number of halogens is 1. The molecule has 1 aromatic rings. The number of rotatable bonds is 7. The van der Waals surface area contributed by atoms with E-state index in [2.05, 4.69) is 48.7 Å². The lowest BCUT2D eigenvalue weighted by atomic mass is 10.0. The molecule has 2 saturated heterocycles. The van der Waals surface area contributed by atoms with Gasteiger partial charge in [-0.3, -0.25) is 4.79 Å². The topological polar surface area (TPSA) is 66.0 Å². The van der Waals surface area contributed by atoms with Crippen molar-refractivity contribution in [3.05, 3.63) is 35.4 Å². The Morgan fingerprint density at radius 1 is 1.21 bits per heavy atom. The molecule has 7 heteroatoms. The van der Waals surface area contributed by atoms with Crippen molar-refractivity contribution in [3.8, 4) is 0 Å². The van der Waals surface area contributed by atoms with Crippen molar-refractivity contribution < 1.29 is 9.53 Å². The third-order valence-corrected chi connectivity index (χ3v) is 5.26. The van der Waals surface area contributed by atoms with Gasteiger partial charge in [0.1, 0.15) is 0 Å². The number of ether oxygens (including phenoxy) is 1. The van der Waals surface area contributed by atoms with Crippen LogP contribution in [0.15, 0.2) is 29.3 Å². The van der Waals surface area contributed by atoms with Crippen LogP contribution in [0.5, 0.6) is 0 Å². The average molecular weight is 500 g/mol. The van der Waals surface area contributed by atoms with Crippen molar-refractivity contribution in [1.82, 2.24) is 15.5 Å². The van der Waals surface area contributed by atoms with Crippen LogP contribution < -0.4 is 10.6 Å². The van der Waals surface area contributed by atoms with Crippen LogP contribution in [0.3, 0.4) is 0 Å². The Hall–Kier alpha value is -1.35. The van der Waals surface area contributed by atoms with Gasteiger partial charge in [0.25, 0.3) is 0 Å². The molecule has 0 bridgehead atoms. The number of benzene rings is 1.